The fourth-order valence-electron chi connectivity index (χ4n) is 2.24. The summed E-state index contributed by atoms with van der Waals surface area (Å²) in [7, 11) is 0. The molecule has 1 amide bonds. The lowest BCUT2D eigenvalue weighted by Crippen LogP contribution is -2.11. The Morgan fingerprint density at radius 3 is 2.07 bits per heavy atom. The van der Waals surface area contributed by atoms with Gasteiger partial charge in [0.1, 0.15) is 5.82 Å². The minimum Gasteiger partial charge on any atom is -0.340 e. The van der Waals surface area contributed by atoms with E-state index in [1.807, 2.05) is 0 Å². The number of anilines is 3. The van der Waals surface area contributed by atoms with Gasteiger partial charge in [-0.1, -0.05) is 11.6 Å². The highest BCUT2D eigenvalue weighted by molar-refractivity contribution is 6.30. The van der Waals surface area contributed by atoms with Crippen LogP contribution >= 0.6 is 11.6 Å². The predicted octanol–water partition coefficient (Wildman–Crippen LogP) is 5.75. The molecule has 0 aliphatic heterocycles. The molecule has 0 aliphatic rings. The Kier molecular flexibility index (Phi) is 5.32. The molecule has 3 aromatic rings. The monoisotopic (exact) mass is 391 g/mol. The van der Waals surface area contributed by atoms with Gasteiger partial charge in [0.2, 0.25) is 0 Å². The molecule has 2 N–H and O–H groups in total. The van der Waals surface area contributed by atoms with E-state index >= 15 is 0 Å². The zero-order valence-electron chi connectivity index (χ0n) is 13.7. The minimum absolute atomic E-state index is 0.308. The largest absolute Gasteiger partial charge is 0.416 e. The molecule has 0 saturated heterocycles. The van der Waals surface area contributed by atoms with Gasteiger partial charge in [0.05, 0.1) is 17.4 Å². The number of hydrogen-bond donors (Lipinski definition) is 2. The van der Waals surface area contributed by atoms with E-state index < -0.39 is 11.7 Å². The van der Waals surface area contributed by atoms with E-state index in [1.54, 1.807) is 36.4 Å². The van der Waals surface area contributed by atoms with Crippen LogP contribution in [0.1, 0.15) is 15.9 Å². The van der Waals surface area contributed by atoms with E-state index in [9.17, 15) is 18.0 Å². The minimum atomic E-state index is -4.37. The molecule has 0 saturated carbocycles. The van der Waals surface area contributed by atoms with Crippen LogP contribution in [0.5, 0.6) is 0 Å². The van der Waals surface area contributed by atoms with E-state index in [-0.39, 0.29) is 5.91 Å². The Labute approximate surface area is 158 Å². The predicted molar refractivity (Wildman–Crippen MR) is 98.4 cm³/mol. The van der Waals surface area contributed by atoms with Gasteiger partial charge in [-0.05, 0) is 60.7 Å². The number of alkyl halides is 3. The lowest BCUT2D eigenvalue weighted by atomic mass is 10.2. The first-order chi connectivity index (χ1) is 12.8. The first-order valence-corrected chi connectivity index (χ1v) is 8.16. The van der Waals surface area contributed by atoms with Crippen LogP contribution in [-0.4, -0.2) is 10.9 Å². The summed E-state index contributed by atoms with van der Waals surface area (Å²) in [6.07, 6.45) is -2.93. The van der Waals surface area contributed by atoms with Crippen molar-refractivity contribution >= 4 is 34.7 Å². The molecule has 0 bridgehead atoms. The number of nitrogens with zero attached hydrogens (tertiary/aromatic N) is 1. The van der Waals surface area contributed by atoms with Crippen LogP contribution in [0.3, 0.4) is 0 Å². The van der Waals surface area contributed by atoms with Gasteiger partial charge < -0.3 is 10.6 Å². The summed E-state index contributed by atoms with van der Waals surface area (Å²) < 4.78 is 37.7. The van der Waals surface area contributed by atoms with Gasteiger partial charge >= 0.3 is 6.18 Å². The summed E-state index contributed by atoms with van der Waals surface area (Å²) in [5.41, 5.74) is 0.675. The van der Waals surface area contributed by atoms with Crippen LogP contribution in [0.2, 0.25) is 5.02 Å². The van der Waals surface area contributed by atoms with Crippen molar-refractivity contribution in [2.24, 2.45) is 0 Å². The number of hydrogen-bond acceptors (Lipinski definition) is 3. The fraction of sp³-hybridized carbons (Fsp3) is 0.0526. The summed E-state index contributed by atoms with van der Waals surface area (Å²) in [5.74, 6) is 0.121. The van der Waals surface area contributed by atoms with Crippen molar-refractivity contribution < 1.29 is 18.0 Å². The van der Waals surface area contributed by atoms with Crippen LogP contribution in [0.4, 0.5) is 30.4 Å². The summed E-state index contributed by atoms with van der Waals surface area (Å²) >= 11 is 5.79. The SMILES string of the molecule is O=C(Nc1ccc(Nc2ccc(C(F)(F)F)cc2)nc1)c1ccc(Cl)cc1. The molecule has 0 atom stereocenters. The standard InChI is InChI=1S/C19H13ClF3N3O/c20-14-5-1-12(2-6-14)18(27)26-16-9-10-17(24-11-16)25-15-7-3-13(4-8-15)19(21,22)23/h1-11H,(H,24,25)(H,26,27). The van der Waals surface area contributed by atoms with Crippen LogP contribution in [0.15, 0.2) is 66.9 Å². The average molecular weight is 392 g/mol. The molecule has 2 aromatic carbocycles. The summed E-state index contributed by atoms with van der Waals surface area (Å²) in [6, 6.07) is 14.3. The summed E-state index contributed by atoms with van der Waals surface area (Å²) in [6.45, 7) is 0. The molecular weight excluding hydrogens is 379 g/mol. The third-order valence-corrected chi connectivity index (χ3v) is 3.86. The van der Waals surface area contributed by atoms with Crippen LogP contribution in [0, 0.1) is 0 Å². The van der Waals surface area contributed by atoms with Crippen LogP contribution in [0.25, 0.3) is 0 Å². The highest BCUT2D eigenvalue weighted by Crippen LogP contribution is 2.30. The number of carbonyl (C=O) groups is 1. The summed E-state index contributed by atoms with van der Waals surface area (Å²) in [4.78, 5) is 16.3. The average Bonchev–Trinajstić information content (AvgIpc) is 2.63. The molecule has 0 unspecified atom stereocenters. The first-order valence-electron chi connectivity index (χ1n) is 7.78. The molecule has 0 fully saturated rings. The Hall–Kier alpha value is -3.06. The van der Waals surface area contributed by atoms with E-state index in [4.69, 9.17) is 11.6 Å². The number of halogens is 4. The molecule has 27 heavy (non-hydrogen) atoms. The molecule has 4 nitrogen and oxygen atoms in total. The highest BCUT2D eigenvalue weighted by Gasteiger charge is 2.29. The third kappa shape index (κ3) is 4.98. The maximum absolute atomic E-state index is 12.6. The first kappa shape index (κ1) is 18.7. The summed E-state index contributed by atoms with van der Waals surface area (Å²) in [5, 5.41) is 6.12. The Morgan fingerprint density at radius 1 is 0.889 bits per heavy atom. The Balaban J connectivity index is 1.63. The molecule has 138 valence electrons. The topological polar surface area (TPSA) is 54.0 Å². The second kappa shape index (κ2) is 7.67. The van der Waals surface area contributed by atoms with Crippen molar-refractivity contribution in [1.29, 1.82) is 0 Å². The van der Waals surface area contributed by atoms with E-state index in [0.29, 0.717) is 27.8 Å². The highest BCUT2D eigenvalue weighted by atomic mass is 35.5. The molecule has 0 spiro atoms. The lowest BCUT2D eigenvalue weighted by molar-refractivity contribution is -0.137. The second-order valence-electron chi connectivity index (χ2n) is 5.59. The van der Waals surface area contributed by atoms with Crippen molar-refractivity contribution in [1.82, 2.24) is 4.98 Å². The van der Waals surface area contributed by atoms with E-state index in [2.05, 4.69) is 15.6 Å². The molecule has 1 aromatic heterocycles. The molecule has 1 heterocycles. The number of pyridine rings is 1. The number of carbonyl (C=O) groups excluding carboxylic acids is 1. The van der Waals surface area contributed by atoms with Gasteiger partial charge in [0.15, 0.2) is 0 Å². The van der Waals surface area contributed by atoms with Crippen molar-refractivity contribution in [2.45, 2.75) is 6.18 Å². The number of aromatic nitrogens is 1. The van der Waals surface area contributed by atoms with Crippen molar-refractivity contribution in [3.05, 3.63) is 83.0 Å². The molecule has 3 rings (SSSR count). The zero-order valence-corrected chi connectivity index (χ0v) is 14.5. The second-order valence-corrected chi connectivity index (χ2v) is 6.03. The Bertz CT molecular complexity index is 924. The maximum Gasteiger partial charge on any atom is 0.416 e. The number of benzene rings is 2. The van der Waals surface area contributed by atoms with Gasteiger partial charge in [-0.15, -0.1) is 0 Å². The zero-order chi connectivity index (χ0) is 19.4. The van der Waals surface area contributed by atoms with Crippen molar-refractivity contribution in [2.75, 3.05) is 10.6 Å². The van der Waals surface area contributed by atoms with Gasteiger partial charge in [-0.3, -0.25) is 4.79 Å². The van der Waals surface area contributed by atoms with Gasteiger partial charge in [0, 0.05) is 16.3 Å². The number of amides is 1. The maximum atomic E-state index is 12.6. The Morgan fingerprint density at radius 2 is 1.52 bits per heavy atom. The molecule has 8 heteroatoms. The van der Waals surface area contributed by atoms with E-state index in [0.717, 1.165) is 12.1 Å². The number of rotatable bonds is 4. The third-order valence-electron chi connectivity index (χ3n) is 3.61. The molecular formula is C19H13ClF3N3O. The fourth-order valence-corrected chi connectivity index (χ4v) is 2.36. The van der Waals surface area contributed by atoms with E-state index in [1.165, 1.54) is 18.3 Å². The smallest absolute Gasteiger partial charge is 0.340 e. The van der Waals surface area contributed by atoms with Crippen LogP contribution < -0.4 is 10.6 Å². The number of nitrogens with one attached hydrogen (secondary N) is 2. The quantitative estimate of drug-likeness (QED) is 0.595. The molecule has 0 radical (unpaired) electrons. The van der Waals surface area contributed by atoms with Crippen LogP contribution in [-0.2, 0) is 6.18 Å². The van der Waals surface area contributed by atoms with Crippen molar-refractivity contribution in [3.63, 3.8) is 0 Å². The molecule has 0 aliphatic carbocycles. The van der Waals surface area contributed by atoms with Gasteiger partial charge in [0.25, 0.3) is 5.91 Å². The van der Waals surface area contributed by atoms with Crippen molar-refractivity contribution in [3.8, 4) is 0 Å². The van der Waals surface area contributed by atoms with Gasteiger partial charge in [-0.25, -0.2) is 4.98 Å². The van der Waals surface area contributed by atoms with Gasteiger partial charge in [-0.2, -0.15) is 13.2 Å². The normalized spacial score (nSPS) is 11.1. The lowest BCUT2D eigenvalue weighted by Gasteiger charge is -2.10.